The van der Waals surface area contributed by atoms with E-state index in [9.17, 15) is 14.7 Å². The summed E-state index contributed by atoms with van der Waals surface area (Å²) >= 11 is 0. The van der Waals surface area contributed by atoms with Crippen molar-refractivity contribution >= 4 is 11.9 Å². The minimum atomic E-state index is -0.962. The molecule has 1 amide bonds. The number of hydrogen-bond acceptors (Lipinski definition) is 3. The molecular formula is C13H22N2O3. The van der Waals surface area contributed by atoms with E-state index in [0.717, 1.165) is 32.2 Å². The first-order valence-corrected chi connectivity index (χ1v) is 6.90. The minimum Gasteiger partial charge on any atom is -0.479 e. The lowest BCUT2D eigenvalue weighted by molar-refractivity contribution is -0.157. The maximum Gasteiger partial charge on any atom is 0.329 e. The number of carbonyl (C=O) groups excluding carboxylic acids is 1. The molecule has 2 N–H and O–H groups in total. The molecule has 0 saturated carbocycles. The number of nitrogens with zero attached hydrogens (tertiary/aromatic N) is 1. The van der Waals surface area contributed by atoms with Crippen LogP contribution in [0.25, 0.3) is 0 Å². The smallest absolute Gasteiger partial charge is 0.329 e. The molecule has 0 bridgehead atoms. The molecular weight excluding hydrogens is 232 g/mol. The van der Waals surface area contributed by atoms with Crippen LogP contribution in [0.2, 0.25) is 0 Å². The van der Waals surface area contributed by atoms with Gasteiger partial charge in [0.15, 0.2) is 0 Å². The Bertz CT molecular complexity index is 339. The van der Waals surface area contributed by atoms with Gasteiger partial charge in [-0.1, -0.05) is 13.3 Å². The molecule has 2 heterocycles. The van der Waals surface area contributed by atoms with Gasteiger partial charge in [-0.05, 0) is 38.6 Å². The normalized spacial score (nSPS) is 32.5. The third-order valence-corrected chi connectivity index (χ3v) is 4.35. The highest BCUT2D eigenvalue weighted by Gasteiger charge is 2.49. The second kappa shape index (κ2) is 5.26. The number of carboxylic acid groups (broad SMARTS) is 1. The summed E-state index contributed by atoms with van der Waals surface area (Å²) in [5.41, 5.74) is -0.962. The Morgan fingerprint density at radius 2 is 2.17 bits per heavy atom. The van der Waals surface area contributed by atoms with E-state index in [1.54, 1.807) is 4.90 Å². The third kappa shape index (κ3) is 2.11. The number of carbonyl (C=O) groups is 2. The van der Waals surface area contributed by atoms with Gasteiger partial charge in [-0.25, -0.2) is 4.79 Å². The molecule has 2 saturated heterocycles. The molecule has 0 aromatic carbocycles. The molecule has 0 spiro atoms. The Labute approximate surface area is 108 Å². The van der Waals surface area contributed by atoms with Gasteiger partial charge in [0.2, 0.25) is 5.91 Å². The standard InChI is InChI=1S/C13H22N2O3/c1-2-13(12(17)18)7-5-9-15(13)11(16)10-6-3-4-8-14-10/h10,14H,2-9H2,1H3,(H,17,18)/t10-,13?/m1/s1. The molecule has 0 radical (unpaired) electrons. The van der Waals surface area contributed by atoms with Crippen LogP contribution in [-0.2, 0) is 9.59 Å². The Hall–Kier alpha value is -1.10. The average Bonchev–Trinajstić information content (AvgIpc) is 2.84. The Morgan fingerprint density at radius 3 is 2.72 bits per heavy atom. The van der Waals surface area contributed by atoms with Crippen LogP contribution in [0.1, 0.15) is 45.4 Å². The van der Waals surface area contributed by atoms with Crippen molar-refractivity contribution in [3.63, 3.8) is 0 Å². The molecule has 5 heteroatoms. The number of piperidine rings is 1. The maximum absolute atomic E-state index is 12.5. The van der Waals surface area contributed by atoms with Crippen LogP contribution in [0.3, 0.4) is 0 Å². The van der Waals surface area contributed by atoms with Gasteiger partial charge in [0.1, 0.15) is 5.54 Å². The monoisotopic (exact) mass is 254 g/mol. The van der Waals surface area contributed by atoms with E-state index in [0.29, 0.717) is 19.4 Å². The fourth-order valence-electron chi connectivity index (χ4n) is 3.19. The summed E-state index contributed by atoms with van der Waals surface area (Å²) in [7, 11) is 0. The second-order valence-corrected chi connectivity index (χ2v) is 5.29. The average molecular weight is 254 g/mol. The highest BCUT2D eigenvalue weighted by atomic mass is 16.4. The number of likely N-dealkylation sites (tertiary alicyclic amines) is 1. The van der Waals surface area contributed by atoms with Gasteiger partial charge < -0.3 is 15.3 Å². The first-order valence-electron chi connectivity index (χ1n) is 6.90. The highest BCUT2D eigenvalue weighted by Crippen LogP contribution is 2.33. The SMILES string of the molecule is CCC1(C(=O)O)CCCN1C(=O)[C@H]1CCCCN1. The van der Waals surface area contributed by atoms with E-state index in [1.165, 1.54) is 0 Å². The molecule has 2 aliphatic heterocycles. The van der Waals surface area contributed by atoms with Gasteiger partial charge in [0.05, 0.1) is 6.04 Å². The van der Waals surface area contributed by atoms with E-state index in [-0.39, 0.29) is 11.9 Å². The molecule has 0 aromatic heterocycles. The third-order valence-electron chi connectivity index (χ3n) is 4.35. The zero-order chi connectivity index (χ0) is 13.2. The predicted octanol–water partition coefficient (Wildman–Crippen LogP) is 0.984. The molecule has 0 aromatic rings. The van der Waals surface area contributed by atoms with Crippen LogP contribution >= 0.6 is 0 Å². The molecule has 1 unspecified atom stereocenters. The lowest BCUT2D eigenvalue weighted by Crippen LogP contribution is -2.58. The lowest BCUT2D eigenvalue weighted by Gasteiger charge is -2.37. The minimum absolute atomic E-state index is 0.0172. The van der Waals surface area contributed by atoms with Crippen LogP contribution in [0, 0.1) is 0 Å². The zero-order valence-corrected chi connectivity index (χ0v) is 10.9. The van der Waals surface area contributed by atoms with Crippen LogP contribution < -0.4 is 5.32 Å². The fourth-order valence-corrected chi connectivity index (χ4v) is 3.19. The number of amides is 1. The summed E-state index contributed by atoms with van der Waals surface area (Å²) in [6.07, 6.45) is 4.83. The van der Waals surface area contributed by atoms with Gasteiger partial charge in [-0.3, -0.25) is 4.79 Å². The molecule has 18 heavy (non-hydrogen) atoms. The van der Waals surface area contributed by atoms with Gasteiger partial charge in [-0.15, -0.1) is 0 Å². The van der Waals surface area contributed by atoms with Crippen molar-refractivity contribution in [3.8, 4) is 0 Å². The first-order chi connectivity index (χ1) is 8.62. The number of hydrogen-bond donors (Lipinski definition) is 2. The van der Waals surface area contributed by atoms with Crippen LogP contribution in [-0.4, -0.2) is 46.6 Å². The van der Waals surface area contributed by atoms with Gasteiger partial charge in [0, 0.05) is 6.54 Å². The second-order valence-electron chi connectivity index (χ2n) is 5.29. The molecule has 2 rings (SSSR count). The van der Waals surface area contributed by atoms with Crippen LogP contribution in [0.15, 0.2) is 0 Å². The van der Waals surface area contributed by atoms with E-state index in [1.807, 2.05) is 6.92 Å². The topological polar surface area (TPSA) is 69.6 Å². The summed E-state index contributed by atoms with van der Waals surface area (Å²) in [5.74, 6) is -0.872. The molecule has 2 atom stereocenters. The highest BCUT2D eigenvalue weighted by molar-refractivity contribution is 5.90. The Balaban J connectivity index is 2.15. The summed E-state index contributed by atoms with van der Waals surface area (Å²) in [4.78, 5) is 25.6. The van der Waals surface area contributed by atoms with Crippen molar-refractivity contribution in [2.75, 3.05) is 13.1 Å². The van der Waals surface area contributed by atoms with Gasteiger partial charge in [-0.2, -0.15) is 0 Å². The zero-order valence-electron chi connectivity index (χ0n) is 10.9. The number of nitrogens with one attached hydrogen (secondary N) is 1. The van der Waals surface area contributed by atoms with Gasteiger partial charge in [0.25, 0.3) is 0 Å². The largest absolute Gasteiger partial charge is 0.479 e. The molecule has 5 nitrogen and oxygen atoms in total. The lowest BCUT2D eigenvalue weighted by atomic mass is 9.92. The number of rotatable bonds is 3. The fraction of sp³-hybridized carbons (Fsp3) is 0.846. The summed E-state index contributed by atoms with van der Waals surface area (Å²) < 4.78 is 0. The molecule has 102 valence electrons. The summed E-state index contributed by atoms with van der Waals surface area (Å²) in [5, 5.41) is 12.7. The molecule has 2 fully saturated rings. The van der Waals surface area contributed by atoms with E-state index in [2.05, 4.69) is 5.32 Å². The quantitative estimate of drug-likeness (QED) is 0.788. The van der Waals surface area contributed by atoms with Crippen molar-refractivity contribution in [1.29, 1.82) is 0 Å². The summed E-state index contributed by atoms with van der Waals surface area (Å²) in [6.45, 7) is 3.29. The molecule has 0 aliphatic carbocycles. The number of aliphatic carboxylic acids is 1. The van der Waals surface area contributed by atoms with Crippen molar-refractivity contribution in [3.05, 3.63) is 0 Å². The van der Waals surface area contributed by atoms with E-state index >= 15 is 0 Å². The van der Waals surface area contributed by atoms with Gasteiger partial charge >= 0.3 is 5.97 Å². The van der Waals surface area contributed by atoms with E-state index < -0.39 is 11.5 Å². The van der Waals surface area contributed by atoms with Crippen molar-refractivity contribution in [2.24, 2.45) is 0 Å². The maximum atomic E-state index is 12.5. The van der Waals surface area contributed by atoms with Crippen molar-refractivity contribution in [1.82, 2.24) is 10.2 Å². The Kier molecular flexibility index (Phi) is 3.90. The Morgan fingerprint density at radius 1 is 1.39 bits per heavy atom. The molecule has 2 aliphatic rings. The van der Waals surface area contributed by atoms with Crippen molar-refractivity contribution in [2.45, 2.75) is 57.0 Å². The number of carboxylic acids is 1. The first kappa shape index (κ1) is 13.3. The van der Waals surface area contributed by atoms with Crippen LogP contribution in [0.4, 0.5) is 0 Å². The van der Waals surface area contributed by atoms with E-state index in [4.69, 9.17) is 0 Å². The summed E-state index contributed by atoms with van der Waals surface area (Å²) in [6, 6.07) is -0.179. The van der Waals surface area contributed by atoms with Crippen molar-refractivity contribution < 1.29 is 14.7 Å². The van der Waals surface area contributed by atoms with Crippen LogP contribution in [0.5, 0.6) is 0 Å². The predicted molar refractivity (Wildman–Crippen MR) is 67.2 cm³/mol.